The van der Waals surface area contributed by atoms with Crippen LogP contribution in [-0.2, 0) is 0 Å². The fraction of sp³-hybridized carbons (Fsp3) is 0.0455. The lowest BCUT2D eigenvalue weighted by molar-refractivity contribution is 0.0733. The number of hydrazone groups is 1. The van der Waals surface area contributed by atoms with Gasteiger partial charge in [-0.05, 0) is 54.6 Å². The molecule has 7 nitrogen and oxygen atoms in total. The van der Waals surface area contributed by atoms with Crippen LogP contribution in [0.5, 0.6) is 17.2 Å². The van der Waals surface area contributed by atoms with Crippen molar-refractivity contribution in [1.82, 2.24) is 5.43 Å². The van der Waals surface area contributed by atoms with Crippen molar-refractivity contribution in [2.45, 2.75) is 0 Å². The molecule has 0 aromatic heterocycles. The minimum Gasteiger partial charge on any atom is -0.454 e. The first kappa shape index (κ1) is 22.0. The van der Waals surface area contributed by atoms with E-state index >= 15 is 0 Å². The van der Waals surface area contributed by atoms with Crippen LogP contribution in [0, 0.1) is 0 Å². The first-order chi connectivity index (χ1) is 15.4. The Balaban J connectivity index is 1.49. The lowest BCUT2D eigenvalue weighted by Crippen LogP contribution is -2.18. The van der Waals surface area contributed by atoms with Gasteiger partial charge in [0.25, 0.3) is 5.91 Å². The molecule has 0 fully saturated rings. The number of hydrogen-bond donors (Lipinski definition) is 1. The molecule has 3 aromatic rings. The van der Waals surface area contributed by atoms with E-state index in [1.165, 1.54) is 42.6 Å². The molecule has 10 heteroatoms. The van der Waals surface area contributed by atoms with E-state index in [-0.39, 0.29) is 28.7 Å². The summed E-state index contributed by atoms with van der Waals surface area (Å²) in [6.07, 6.45) is 1.30. The molecule has 0 saturated heterocycles. The molecule has 1 heterocycles. The number of carbonyl (C=O) groups is 2. The van der Waals surface area contributed by atoms with Crippen molar-refractivity contribution < 1.29 is 23.8 Å². The van der Waals surface area contributed by atoms with Gasteiger partial charge in [0, 0.05) is 15.6 Å². The summed E-state index contributed by atoms with van der Waals surface area (Å²) in [5, 5.41) is 4.89. The van der Waals surface area contributed by atoms with E-state index in [4.69, 9.17) is 49.0 Å². The molecule has 1 amide bonds. The predicted molar refractivity (Wildman–Crippen MR) is 120 cm³/mol. The van der Waals surface area contributed by atoms with Crippen molar-refractivity contribution >= 4 is 52.9 Å². The molecule has 1 aliphatic rings. The van der Waals surface area contributed by atoms with E-state index in [1.54, 1.807) is 18.2 Å². The van der Waals surface area contributed by atoms with Crippen LogP contribution >= 0.6 is 34.8 Å². The second-order valence-electron chi connectivity index (χ2n) is 6.46. The van der Waals surface area contributed by atoms with E-state index in [2.05, 4.69) is 10.5 Å². The Labute approximate surface area is 197 Å². The molecule has 0 radical (unpaired) electrons. The second kappa shape index (κ2) is 9.48. The molecule has 0 spiro atoms. The third kappa shape index (κ3) is 4.96. The van der Waals surface area contributed by atoms with Crippen molar-refractivity contribution in [2.24, 2.45) is 5.10 Å². The highest BCUT2D eigenvalue weighted by Crippen LogP contribution is 2.33. The zero-order chi connectivity index (χ0) is 22.7. The normalized spacial score (nSPS) is 12.1. The highest BCUT2D eigenvalue weighted by atomic mass is 35.5. The van der Waals surface area contributed by atoms with Crippen molar-refractivity contribution in [3.05, 3.63) is 86.4 Å². The van der Waals surface area contributed by atoms with Gasteiger partial charge >= 0.3 is 5.97 Å². The zero-order valence-electron chi connectivity index (χ0n) is 16.1. The summed E-state index contributed by atoms with van der Waals surface area (Å²) in [7, 11) is 0. The molecular weight excluding hydrogens is 479 g/mol. The quantitative estimate of drug-likeness (QED) is 0.225. The summed E-state index contributed by atoms with van der Waals surface area (Å²) < 4.78 is 16.0. The Kier molecular flexibility index (Phi) is 6.50. The van der Waals surface area contributed by atoms with Crippen LogP contribution in [0.1, 0.15) is 26.3 Å². The fourth-order valence-electron chi connectivity index (χ4n) is 2.79. The van der Waals surface area contributed by atoms with E-state index < -0.39 is 11.9 Å². The van der Waals surface area contributed by atoms with Gasteiger partial charge in [-0.15, -0.1) is 0 Å². The topological polar surface area (TPSA) is 86.2 Å². The first-order valence-electron chi connectivity index (χ1n) is 9.10. The molecule has 32 heavy (non-hydrogen) atoms. The van der Waals surface area contributed by atoms with Crippen molar-refractivity contribution in [1.29, 1.82) is 0 Å². The van der Waals surface area contributed by atoms with Gasteiger partial charge in [-0.3, -0.25) is 4.79 Å². The lowest BCUT2D eigenvalue weighted by Gasteiger charge is -2.08. The number of nitrogens with one attached hydrogen (secondary N) is 1. The van der Waals surface area contributed by atoms with E-state index in [0.717, 1.165) is 0 Å². The van der Waals surface area contributed by atoms with Crippen LogP contribution in [0.2, 0.25) is 15.1 Å². The Bertz CT molecular complexity index is 1250. The zero-order valence-corrected chi connectivity index (χ0v) is 18.4. The highest BCUT2D eigenvalue weighted by molar-refractivity contribution is 6.36. The third-order valence-corrected chi connectivity index (χ3v) is 5.11. The molecule has 1 N–H and O–H groups in total. The average molecular weight is 492 g/mol. The van der Waals surface area contributed by atoms with Gasteiger partial charge in [-0.1, -0.05) is 34.8 Å². The van der Waals surface area contributed by atoms with Gasteiger partial charge in [0.15, 0.2) is 11.5 Å². The maximum Gasteiger partial charge on any atom is 0.343 e. The number of esters is 1. The second-order valence-corrected chi connectivity index (χ2v) is 7.74. The number of benzene rings is 3. The third-order valence-electron chi connectivity index (χ3n) is 4.33. The molecule has 0 bridgehead atoms. The molecule has 0 unspecified atom stereocenters. The van der Waals surface area contributed by atoms with Crippen molar-refractivity contribution in [2.75, 3.05) is 6.79 Å². The summed E-state index contributed by atoms with van der Waals surface area (Å²) in [5.74, 6) is 0.0546. The lowest BCUT2D eigenvalue weighted by atomic mass is 10.2. The van der Waals surface area contributed by atoms with Gasteiger partial charge in [-0.2, -0.15) is 5.10 Å². The van der Waals surface area contributed by atoms with Gasteiger partial charge in [0.2, 0.25) is 6.79 Å². The van der Waals surface area contributed by atoms with Crippen LogP contribution in [0.4, 0.5) is 0 Å². The number of ether oxygens (including phenoxy) is 3. The monoisotopic (exact) mass is 490 g/mol. The van der Waals surface area contributed by atoms with Gasteiger partial charge in [-0.25, -0.2) is 10.2 Å². The maximum absolute atomic E-state index is 12.6. The summed E-state index contributed by atoms with van der Waals surface area (Å²) in [4.78, 5) is 24.9. The largest absolute Gasteiger partial charge is 0.454 e. The smallest absolute Gasteiger partial charge is 0.343 e. The summed E-state index contributed by atoms with van der Waals surface area (Å²) in [5.41, 5.74) is 3.20. The van der Waals surface area contributed by atoms with Crippen molar-refractivity contribution in [3.8, 4) is 17.2 Å². The van der Waals surface area contributed by atoms with Crippen LogP contribution in [0.15, 0.2) is 59.7 Å². The number of halogens is 3. The minimum atomic E-state index is -0.614. The number of amides is 1. The minimum absolute atomic E-state index is 0.0958. The first-order valence-corrected chi connectivity index (χ1v) is 10.2. The summed E-state index contributed by atoms with van der Waals surface area (Å²) in [6, 6.07) is 13.8. The SMILES string of the molecule is O=C(Oc1ccc(Cl)cc1/C=N/NC(=O)c1ccc(Cl)cc1Cl)c1ccc2c(c1)OCO2. The highest BCUT2D eigenvalue weighted by Gasteiger charge is 2.18. The van der Waals surface area contributed by atoms with Crippen molar-refractivity contribution in [3.63, 3.8) is 0 Å². The molecule has 4 rings (SSSR count). The fourth-order valence-corrected chi connectivity index (χ4v) is 3.46. The molecule has 3 aromatic carbocycles. The summed E-state index contributed by atoms with van der Waals surface area (Å²) >= 11 is 17.9. The standard InChI is InChI=1S/C22H13Cl3N2O5/c23-14-3-6-18(32-22(29)12-1-5-19-20(8-12)31-11-30-19)13(7-14)10-26-27-21(28)16-4-2-15(24)9-17(16)25/h1-10H,11H2,(H,27,28)/b26-10+. The predicted octanol–water partition coefficient (Wildman–Crippen LogP) is 5.36. The number of fused-ring (bicyclic) bond motifs is 1. The van der Waals surface area contributed by atoms with Gasteiger partial charge < -0.3 is 14.2 Å². The molecule has 1 aliphatic heterocycles. The number of hydrogen-bond acceptors (Lipinski definition) is 6. The maximum atomic E-state index is 12.6. The van der Waals surface area contributed by atoms with Crippen LogP contribution in [0.3, 0.4) is 0 Å². The van der Waals surface area contributed by atoms with E-state index in [1.807, 2.05) is 0 Å². The van der Waals surface area contributed by atoms with E-state index in [0.29, 0.717) is 27.1 Å². The van der Waals surface area contributed by atoms with Crippen LogP contribution < -0.4 is 19.6 Å². The number of carbonyl (C=O) groups excluding carboxylic acids is 2. The van der Waals surface area contributed by atoms with Gasteiger partial charge in [0.05, 0.1) is 22.4 Å². The molecule has 0 saturated carbocycles. The molecule has 0 atom stereocenters. The van der Waals surface area contributed by atoms with E-state index in [9.17, 15) is 9.59 Å². The summed E-state index contributed by atoms with van der Waals surface area (Å²) in [6.45, 7) is 0.0958. The molecule has 162 valence electrons. The van der Waals surface area contributed by atoms with Gasteiger partial charge in [0.1, 0.15) is 5.75 Å². The Hall–Kier alpha value is -3.26. The molecule has 0 aliphatic carbocycles. The molecular formula is C22H13Cl3N2O5. The Morgan fingerprint density at radius 3 is 2.50 bits per heavy atom. The number of nitrogens with zero attached hydrogens (tertiary/aromatic N) is 1. The van der Waals surface area contributed by atoms with Crippen LogP contribution in [-0.4, -0.2) is 24.9 Å². The Morgan fingerprint density at radius 1 is 0.938 bits per heavy atom. The number of rotatable bonds is 5. The van der Waals surface area contributed by atoms with Crippen LogP contribution in [0.25, 0.3) is 0 Å². The Morgan fingerprint density at radius 2 is 1.69 bits per heavy atom. The average Bonchev–Trinajstić information content (AvgIpc) is 3.23.